The van der Waals surface area contributed by atoms with Crippen molar-refractivity contribution >= 4 is 47.5 Å². The first kappa shape index (κ1) is 25.3. The number of rotatable bonds is 8. The Hall–Kier alpha value is -1.93. The van der Waals surface area contributed by atoms with Crippen LogP contribution in [-0.2, 0) is 6.42 Å². The Morgan fingerprint density at radius 1 is 1.35 bits per heavy atom. The van der Waals surface area contributed by atoms with Crippen LogP contribution in [0.15, 0.2) is 29.3 Å². The van der Waals surface area contributed by atoms with Gasteiger partial charge in [-0.2, -0.15) is 22.1 Å². The number of thioether (sulfide) groups is 1. The molecule has 0 amide bonds. The smallest absolute Gasteiger partial charge is 0.191 e. The molecular weight excluding hydrogens is 521 g/mol. The van der Waals surface area contributed by atoms with Crippen LogP contribution in [-0.4, -0.2) is 46.4 Å². The van der Waals surface area contributed by atoms with E-state index < -0.39 is 0 Å². The van der Waals surface area contributed by atoms with Crippen LogP contribution in [0.3, 0.4) is 0 Å². The molecule has 9 heteroatoms. The number of nitrogens with one attached hydrogen (secondary N) is 2. The summed E-state index contributed by atoms with van der Waals surface area (Å²) in [5.41, 5.74) is 9.45. The largest absolute Gasteiger partial charge is 0.382 e. The Bertz CT molecular complexity index is 896. The Labute approximate surface area is 206 Å². The molecule has 0 saturated carbocycles. The van der Waals surface area contributed by atoms with Gasteiger partial charge in [-0.3, -0.25) is 4.99 Å². The molecule has 7 nitrogen and oxygen atoms in total. The summed E-state index contributed by atoms with van der Waals surface area (Å²) in [4.78, 5) is 4.72. The van der Waals surface area contributed by atoms with E-state index in [9.17, 15) is 5.26 Å². The number of aromatic nitrogens is 2. The van der Waals surface area contributed by atoms with Crippen molar-refractivity contribution in [2.24, 2.45) is 4.99 Å². The zero-order chi connectivity index (χ0) is 21.3. The second-order valence-corrected chi connectivity index (χ2v) is 8.86. The quantitative estimate of drug-likeness (QED) is 0.200. The summed E-state index contributed by atoms with van der Waals surface area (Å²) in [5, 5.41) is 21.5. The van der Waals surface area contributed by atoms with E-state index in [4.69, 9.17) is 10.7 Å². The standard InChI is InChI=1S/C22H31N7S.HI/c1-3-25-22(27-15-18-6-5-13-30-18)26-12-4-7-20-19(14-23)21(24)29(28-20)17-10-8-16(2)9-11-17;/h8-11,18H,3-7,12-13,15,24H2,1-2H3,(H2,25,26,27);1H. The summed E-state index contributed by atoms with van der Waals surface area (Å²) in [6.45, 7) is 6.55. The van der Waals surface area contributed by atoms with Gasteiger partial charge in [-0.1, -0.05) is 17.7 Å². The van der Waals surface area contributed by atoms with Crippen molar-refractivity contribution in [3.63, 3.8) is 0 Å². The molecule has 2 aromatic rings. The van der Waals surface area contributed by atoms with Crippen molar-refractivity contribution in [1.82, 2.24) is 20.4 Å². The van der Waals surface area contributed by atoms with Gasteiger partial charge in [0.15, 0.2) is 5.96 Å². The van der Waals surface area contributed by atoms with E-state index in [-0.39, 0.29) is 24.0 Å². The number of benzene rings is 1. The molecule has 2 heterocycles. The van der Waals surface area contributed by atoms with Crippen LogP contribution < -0.4 is 16.4 Å². The van der Waals surface area contributed by atoms with Crippen LogP contribution in [0.4, 0.5) is 5.82 Å². The third-order valence-corrected chi connectivity index (χ3v) is 6.47. The summed E-state index contributed by atoms with van der Waals surface area (Å²) in [5.74, 6) is 2.51. The highest BCUT2D eigenvalue weighted by molar-refractivity contribution is 14.0. The number of nitrogens with zero attached hydrogens (tertiary/aromatic N) is 4. The molecule has 1 atom stereocenters. The normalized spacial score (nSPS) is 15.9. The van der Waals surface area contributed by atoms with Crippen LogP contribution in [0.25, 0.3) is 5.69 Å². The summed E-state index contributed by atoms with van der Waals surface area (Å²) in [6, 6.07) is 10.2. The maximum atomic E-state index is 9.56. The molecule has 1 aromatic carbocycles. The summed E-state index contributed by atoms with van der Waals surface area (Å²) in [6.07, 6.45) is 4.07. The molecule has 1 fully saturated rings. The van der Waals surface area contributed by atoms with Gasteiger partial charge in [0.2, 0.25) is 0 Å². The highest BCUT2D eigenvalue weighted by Crippen LogP contribution is 2.26. The minimum absolute atomic E-state index is 0. The first-order chi connectivity index (χ1) is 14.6. The highest BCUT2D eigenvalue weighted by atomic mass is 127. The third-order valence-electron chi connectivity index (χ3n) is 5.09. The van der Waals surface area contributed by atoms with Crippen molar-refractivity contribution in [2.45, 2.75) is 44.8 Å². The lowest BCUT2D eigenvalue weighted by atomic mass is 10.1. The van der Waals surface area contributed by atoms with E-state index in [0.29, 0.717) is 23.1 Å². The minimum Gasteiger partial charge on any atom is -0.382 e. The van der Waals surface area contributed by atoms with Gasteiger partial charge >= 0.3 is 0 Å². The van der Waals surface area contributed by atoms with Gasteiger partial charge in [0.25, 0.3) is 0 Å². The number of guanidine groups is 1. The van der Waals surface area contributed by atoms with Crippen LogP contribution >= 0.6 is 35.7 Å². The number of anilines is 1. The first-order valence-corrected chi connectivity index (χ1v) is 11.7. The number of nitrogen functional groups attached to an aromatic ring is 1. The van der Waals surface area contributed by atoms with Gasteiger partial charge in [-0.05, 0) is 57.4 Å². The summed E-state index contributed by atoms with van der Waals surface area (Å²) >= 11 is 2.02. The topological polar surface area (TPSA) is 104 Å². The zero-order valence-electron chi connectivity index (χ0n) is 18.2. The van der Waals surface area contributed by atoms with E-state index in [1.54, 1.807) is 4.68 Å². The molecule has 0 bridgehead atoms. The number of hydrogen-bond donors (Lipinski definition) is 3. The molecule has 1 unspecified atom stereocenters. The van der Waals surface area contributed by atoms with E-state index >= 15 is 0 Å². The van der Waals surface area contributed by atoms with E-state index in [1.807, 2.05) is 43.0 Å². The van der Waals surface area contributed by atoms with Gasteiger partial charge < -0.3 is 16.4 Å². The number of halogens is 1. The van der Waals surface area contributed by atoms with E-state index in [2.05, 4.69) is 28.7 Å². The maximum absolute atomic E-state index is 9.56. The molecule has 1 aliphatic heterocycles. The first-order valence-electron chi connectivity index (χ1n) is 10.6. The monoisotopic (exact) mass is 553 g/mol. The minimum atomic E-state index is 0. The second kappa shape index (κ2) is 12.8. The Morgan fingerprint density at radius 2 is 2.13 bits per heavy atom. The van der Waals surface area contributed by atoms with Crippen molar-refractivity contribution in [2.75, 3.05) is 31.1 Å². The van der Waals surface area contributed by atoms with Crippen LogP contribution in [0, 0.1) is 18.3 Å². The summed E-state index contributed by atoms with van der Waals surface area (Å²) < 4.78 is 1.66. The lowest BCUT2D eigenvalue weighted by molar-refractivity contribution is 0.717. The third kappa shape index (κ3) is 7.04. The average molecular weight is 554 g/mol. The SMILES string of the molecule is CCNC(=NCC1CCCS1)NCCCc1nn(-c2ccc(C)cc2)c(N)c1C#N.I. The van der Waals surface area contributed by atoms with E-state index in [0.717, 1.165) is 43.4 Å². The number of aliphatic imine (C=N–C) groups is 1. The molecule has 0 radical (unpaired) electrons. The van der Waals surface area contributed by atoms with Crippen LogP contribution in [0.1, 0.15) is 43.0 Å². The summed E-state index contributed by atoms with van der Waals surface area (Å²) in [7, 11) is 0. The van der Waals surface area contributed by atoms with Crippen molar-refractivity contribution in [3.05, 3.63) is 41.1 Å². The van der Waals surface area contributed by atoms with Crippen molar-refractivity contribution in [3.8, 4) is 11.8 Å². The Balaban J connectivity index is 0.00000341. The number of aryl methyl sites for hydroxylation is 2. The van der Waals surface area contributed by atoms with Gasteiger partial charge in [-0.15, -0.1) is 24.0 Å². The number of nitriles is 1. The zero-order valence-corrected chi connectivity index (χ0v) is 21.4. The van der Waals surface area contributed by atoms with Gasteiger partial charge in [0.1, 0.15) is 17.5 Å². The fourth-order valence-corrected chi connectivity index (χ4v) is 4.62. The van der Waals surface area contributed by atoms with Crippen LogP contribution in [0.5, 0.6) is 0 Å². The lowest BCUT2D eigenvalue weighted by Crippen LogP contribution is -2.38. The lowest BCUT2D eigenvalue weighted by Gasteiger charge is -2.12. The number of hydrogen-bond acceptors (Lipinski definition) is 5. The number of nitrogens with two attached hydrogens (primary N) is 1. The van der Waals surface area contributed by atoms with Gasteiger partial charge in [0, 0.05) is 18.3 Å². The molecule has 31 heavy (non-hydrogen) atoms. The fraction of sp³-hybridized carbons (Fsp3) is 0.500. The Kier molecular flexibility index (Phi) is 10.5. The predicted octanol–water partition coefficient (Wildman–Crippen LogP) is 3.64. The molecule has 168 valence electrons. The van der Waals surface area contributed by atoms with Crippen LogP contribution in [0.2, 0.25) is 0 Å². The molecule has 4 N–H and O–H groups in total. The maximum Gasteiger partial charge on any atom is 0.191 e. The molecule has 1 aliphatic rings. The molecule has 1 saturated heterocycles. The predicted molar refractivity (Wildman–Crippen MR) is 141 cm³/mol. The van der Waals surface area contributed by atoms with Crippen molar-refractivity contribution in [1.29, 1.82) is 5.26 Å². The Morgan fingerprint density at radius 3 is 2.77 bits per heavy atom. The van der Waals surface area contributed by atoms with Gasteiger partial charge in [-0.25, -0.2) is 4.68 Å². The van der Waals surface area contributed by atoms with E-state index in [1.165, 1.54) is 24.2 Å². The second-order valence-electron chi connectivity index (χ2n) is 7.45. The average Bonchev–Trinajstić information content (AvgIpc) is 3.37. The molecule has 3 rings (SSSR count). The molecular formula is C22H32IN7S. The molecule has 0 aliphatic carbocycles. The fourth-order valence-electron chi connectivity index (χ4n) is 3.44. The van der Waals surface area contributed by atoms with Gasteiger partial charge in [0.05, 0.1) is 17.9 Å². The van der Waals surface area contributed by atoms with Crippen molar-refractivity contribution < 1.29 is 0 Å². The molecule has 0 spiro atoms. The highest BCUT2D eigenvalue weighted by Gasteiger charge is 2.17. The molecule has 1 aromatic heterocycles.